The van der Waals surface area contributed by atoms with Crippen molar-refractivity contribution in [2.24, 2.45) is 0 Å². The number of nitrogens with one attached hydrogen (secondary N) is 1. The van der Waals surface area contributed by atoms with Crippen LogP contribution in [0.5, 0.6) is 0 Å². The van der Waals surface area contributed by atoms with E-state index in [0.717, 1.165) is 0 Å². The largest absolute Gasteiger partial charge is 0.328 e. The van der Waals surface area contributed by atoms with Crippen molar-refractivity contribution < 1.29 is 0 Å². The van der Waals surface area contributed by atoms with Gasteiger partial charge in [-0.1, -0.05) is 0 Å². The van der Waals surface area contributed by atoms with Crippen molar-refractivity contribution in [3.8, 4) is 18.2 Å². The van der Waals surface area contributed by atoms with Crippen molar-refractivity contribution in [3.63, 3.8) is 0 Å². The van der Waals surface area contributed by atoms with E-state index in [2.05, 4.69) is 9.97 Å². The predicted molar refractivity (Wildman–Crippen MR) is 56.0 cm³/mol. The van der Waals surface area contributed by atoms with Gasteiger partial charge in [-0.05, 0) is 12.1 Å². The van der Waals surface area contributed by atoms with Gasteiger partial charge >= 0.3 is 0 Å². The third-order valence-corrected chi connectivity index (χ3v) is 1.99. The fraction of sp³-hybridized carbons (Fsp3) is 0. The average Bonchev–Trinajstić information content (AvgIpc) is 2.71. The summed E-state index contributed by atoms with van der Waals surface area (Å²) in [7, 11) is 0. The summed E-state index contributed by atoms with van der Waals surface area (Å²) in [5, 5.41) is 26.3. The molecule has 0 aliphatic carbocycles. The Labute approximate surface area is 103 Å². The third-order valence-electron chi connectivity index (χ3n) is 1.99. The quantitative estimate of drug-likeness (QED) is 0.635. The smallest absolute Gasteiger partial charge is 0.211 e. The number of hydrogen-bond acceptors (Lipinski definition) is 4. The molecule has 0 unspecified atom stereocenters. The number of H-pyrrole nitrogens is 1. The summed E-state index contributed by atoms with van der Waals surface area (Å²) in [6.07, 6.45) is 0. The number of benzene rings is 1. The molecule has 1 heterocycles. The van der Waals surface area contributed by atoms with Crippen LogP contribution < -0.4 is 0 Å². The van der Waals surface area contributed by atoms with Crippen LogP contribution in [0.15, 0.2) is 12.1 Å². The van der Waals surface area contributed by atoms with Gasteiger partial charge in [-0.2, -0.15) is 15.8 Å². The summed E-state index contributed by atoms with van der Waals surface area (Å²) >= 11 is 0. The van der Waals surface area contributed by atoms with E-state index in [1.165, 1.54) is 12.1 Å². The van der Waals surface area contributed by atoms with Gasteiger partial charge in [0.25, 0.3) is 0 Å². The molecule has 1 N–H and O–H groups in total. The SMILES string of the molecule is N#Cc1nc2c(C#N)ccc(C#N)c2[nH]1.[Li]. The molecule has 0 bridgehead atoms. The molecule has 0 spiro atoms. The van der Waals surface area contributed by atoms with E-state index >= 15 is 0 Å². The minimum absolute atomic E-state index is 0. The van der Waals surface area contributed by atoms with Crippen molar-refractivity contribution in [2.45, 2.75) is 0 Å². The predicted octanol–water partition coefficient (Wildman–Crippen LogP) is 0.797. The van der Waals surface area contributed by atoms with E-state index in [0.29, 0.717) is 22.2 Å². The van der Waals surface area contributed by atoms with Gasteiger partial charge in [-0.3, -0.25) is 0 Å². The molecule has 6 heteroatoms. The van der Waals surface area contributed by atoms with Crippen LogP contribution in [0.2, 0.25) is 0 Å². The van der Waals surface area contributed by atoms with Gasteiger partial charge in [0.2, 0.25) is 5.82 Å². The Morgan fingerprint density at radius 3 is 2.19 bits per heavy atom. The molecule has 2 aromatic rings. The molecule has 0 saturated heterocycles. The minimum atomic E-state index is 0. The standard InChI is InChI=1S/C10H3N5.Li/c11-3-6-1-2-7(4-12)10-9(6)14-8(5-13)15-10;/h1-2H,(H,14,15);. The molecule has 0 saturated carbocycles. The molecule has 1 aromatic carbocycles. The van der Waals surface area contributed by atoms with Gasteiger partial charge in [0, 0.05) is 18.9 Å². The second-order valence-electron chi connectivity index (χ2n) is 2.81. The fourth-order valence-corrected chi connectivity index (χ4v) is 1.33. The average molecular weight is 200 g/mol. The first kappa shape index (κ1) is 11.8. The van der Waals surface area contributed by atoms with E-state index in [-0.39, 0.29) is 24.7 Å². The number of nitrogens with zero attached hydrogens (tertiary/aromatic N) is 4. The van der Waals surface area contributed by atoms with Gasteiger partial charge in [0.15, 0.2) is 0 Å². The number of rotatable bonds is 0. The molecule has 16 heavy (non-hydrogen) atoms. The molecule has 0 fully saturated rings. The number of aromatic nitrogens is 2. The van der Waals surface area contributed by atoms with Crippen LogP contribution in [0.25, 0.3) is 11.0 Å². The topological polar surface area (TPSA) is 100 Å². The van der Waals surface area contributed by atoms with Crippen LogP contribution in [0, 0.1) is 34.0 Å². The van der Waals surface area contributed by atoms with Crippen LogP contribution >= 0.6 is 0 Å². The van der Waals surface area contributed by atoms with E-state index in [1.54, 1.807) is 0 Å². The van der Waals surface area contributed by atoms with Crippen LogP contribution in [0.1, 0.15) is 17.0 Å². The second-order valence-corrected chi connectivity index (χ2v) is 2.81. The Kier molecular flexibility index (Phi) is 3.34. The minimum Gasteiger partial charge on any atom is -0.328 e. The van der Waals surface area contributed by atoms with Crippen molar-refractivity contribution >= 4 is 29.9 Å². The second kappa shape index (κ2) is 4.52. The number of hydrogen-bond donors (Lipinski definition) is 1. The molecule has 1 radical (unpaired) electrons. The molecule has 0 amide bonds. The molecule has 5 nitrogen and oxygen atoms in total. The van der Waals surface area contributed by atoms with Crippen molar-refractivity contribution in [2.75, 3.05) is 0 Å². The van der Waals surface area contributed by atoms with Crippen LogP contribution in [0.3, 0.4) is 0 Å². The first-order valence-electron chi connectivity index (χ1n) is 4.03. The Bertz CT molecular complexity index is 614. The Hall–Kier alpha value is -2.24. The summed E-state index contributed by atoms with van der Waals surface area (Å²) < 4.78 is 0. The van der Waals surface area contributed by atoms with E-state index < -0.39 is 0 Å². The van der Waals surface area contributed by atoms with Crippen molar-refractivity contribution in [1.82, 2.24) is 9.97 Å². The van der Waals surface area contributed by atoms with E-state index in [9.17, 15) is 0 Å². The normalized spacial score (nSPS) is 8.56. The number of aromatic amines is 1. The summed E-state index contributed by atoms with van der Waals surface area (Å²) in [4.78, 5) is 6.61. The maximum atomic E-state index is 8.82. The number of imidazole rings is 1. The molecular weight excluding hydrogens is 197 g/mol. The number of fused-ring (bicyclic) bond motifs is 1. The molecule has 0 atom stereocenters. The molecule has 0 aliphatic heterocycles. The Morgan fingerprint density at radius 1 is 1.00 bits per heavy atom. The van der Waals surface area contributed by atoms with Crippen molar-refractivity contribution in [3.05, 3.63) is 29.1 Å². The maximum Gasteiger partial charge on any atom is 0.211 e. The molecule has 2 rings (SSSR count). The molecular formula is C10H3LiN5. The fourth-order valence-electron chi connectivity index (χ4n) is 1.33. The van der Waals surface area contributed by atoms with Crippen LogP contribution in [-0.4, -0.2) is 28.8 Å². The van der Waals surface area contributed by atoms with Gasteiger partial charge in [-0.25, -0.2) is 4.98 Å². The Morgan fingerprint density at radius 2 is 1.62 bits per heavy atom. The molecule has 0 aliphatic rings. The number of nitriles is 3. The van der Waals surface area contributed by atoms with E-state index in [4.69, 9.17) is 15.8 Å². The first-order chi connectivity index (χ1) is 7.30. The maximum absolute atomic E-state index is 8.82. The van der Waals surface area contributed by atoms with Crippen LogP contribution in [-0.2, 0) is 0 Å². The monoisotopic (exact) mass is 200 g/mol. The van der Waals surface area contributed by atoms with Gasteiger partial charge in [-0.15, -0.1) is 0 Å². The van der Waals surface area contributed by atoms with Crippen LogP contribution in [0.4, 0.5) is 0 Å². The Balaban J connectivity index is 0.00000128. The summed E-state index contributed by atoms with van der Waals surface area (Å²) in [5.74, 6) is 0.101. The zero-order valence-corrected chi connectivity index (χ0v) is 8.44. The van der Waals surface area contributed by atoms with Gasteiger partial charge in [0.05, 0.1) is 16.6 Å². The van der Waals surface area contributed by atoms with E-state index in [1.807, 2.05) is 18.2 Å². The zero-order valence-electron chi connectivity index (χ0n) is 8.44. The molecule has 69 valence electrons. The summed E-state index contributed by atoms with van der Waals surface area (Å²) in [6, 6.07) is 8.80. The molecule has 1 aromatic heterocycles. The van der Waals surface area contributed by atoms with Gasteiger partial charge in [0.1, 0.15) is 23.7 Å². The summed E-state index contributed by atoms with van der Waals surface area (Å²) in [6.45, 7) is 0. The first-order valence-corrected chi connectivity index (χ1v) is 4.03. The van der Waals surface area contributed by atoms with Gasteiger partial charge < -0.3 is 4.98 Å². The summed E-state index contributed by atoms with van der Waals surface area (Å²) in [5.41, 5.74) is 1.53. The zero-order chi connectivity index (χ0) is 10.8. The third kappa shape index (κ3) is 1.65. The van der Waals surface area contributed by atoms with Crippen molar-refractivity contribution in [1.29, 1.82) is 15.8 Å².